The van der Waals surface area contributed by atoms with Crippen molar-refractivity contribution in [1.82, 2.24) is 0 Å². The second-order valence-corrected chi connectivity index (χ2v) is 3.21. The minimum Gasteiger partial charge on any atom is -0.479 e. The molecular weight excluding hydrogens is 218 g/mol. The van der Waals surface area contributed by atoms with Gasteiger partial charge in [0.1, 0.15) is 11.8 Å². The van der Waals surface area contributed by atoms with Crippen LogP contribution >= 0.6 is 15.9 Å². The lowest BCUT2D eigenvalue weighted by Gasteiger charge is -2.03. The summed E-state index contributed by atoms with van der Waals surface area (Å²) in [4.78, 5) is 0. The molecule has 0 aromatic heterocycles. The van der Waals surface area contributed by atoms with Gasteiger partial charge in [-0.1, -0.05) is 22.0 Å². The Morgan fingerprint density at radius 3 is 2.92 bits per heavy atom. The van der Waals surface area contributed by atoms with Gasteiger partial charge in [-0.25, -0.2) is 0 Å². The maximum atomic E-state index is 8.26. The third-order valence-electron chi connectivity index (χ3n) is 1.45. The number of hydrogen-bond acceptors (Lipinski definition) is 2. The summed E-state index contributed by atoms with van der Waals surface area (Å²) < 4.78 is 6.10. The fraction of sp³-hybridized carbons (Fsp3) is 0.222. The summed E-state index contributed by atoms with van der Waals surface area (Å²) >= 11 is 3.38. The van der Waals surface area contributed by atoms with Gasteiger partial charge in [0.25, 0.3) is 0 Å². The van der Waals surface area contributed by atoms with Crippen LogP contribution in [0.2, 0.25) is 0 Å². The smallest absolute Gasteiger partial charge is 0.174 e. The normalized spacial score (nSPS) is 9.08. The van der Waals surface area contributed by atoms with E-state index in [4.69, 9.17) is 10.00 Å². The molecular formula is C9H8BrNO. The van der Waals surface area contributed by atoms with Crippen molar-refractivity contribution in [3.8, 4) is 11.8 Å². The van der Waals surface area contributed by atoms with Crippen molar-refractivity contribution in [3.05, 3.63) is 28.2 Å². The summed E-state index contributed by atoms with van der Waals surface area (Å²) in [6.07, 6.45) is 0. The molecule has 62 valence electrons. The number of nitriles is 1. The van der Waals surface area contributed by atoms with Crippen LogP contribution in [0.5, 0.6) is 5.75 Å². The van der Waals surface area contributed by atoms with Crippen LogP contribution < -0.4 is 4.74 Å². The minimum atomic E-state index is 0.0928. The monoisotopic (exact) mass is 225 g/mol. The molecule has 2 nitrogen and oxygen atoms in total. The molecule has 0 unspecified atom stereocenters. The summed E-state index contributed by atoms with van der Waals surface area (Å²) in [6, 6.07) is 7.55. The quantitative estimate of drug-likeness (QED) is 0.776. The Balaban J connectivity index is 2.77. The second kappa shape index (κ2) is 4.13. The number of halogens is 1. The predicted molar refractivity (Wildman–Crippen MR) is 50.0 cm³/mol. The standard InChI is InChI=1S/C9H8BrNO/c1-7-2-3-8(6-9(7)10)12-5-4-11/h2-3,6H,5H2,1H3. The van der Waals surface area contributed by atoms with Crippen molar-refractivity contribution >= 4 is 15.9 Å². The van der Waals surface area contributed by atoms with Gasteiger partial charge >= 0.3 is 0 Å². The second-order valence-electron chi connectivity index (χ2n) is 2.36. The number of hydrogen-bond donors (Lipinski definition) is 0. The summed E-state index contributed by atoms with van der Waals surface area (Å²) in [7, 11) is 0. The third-order valence-corrected chi connectivity index (χ3v) is 2.30. The lowest BCUT2D eigenvalue weighted by Crippen LogP contribution is -1.93. The summed E-state index contributed by atoms with van der Waals surface area (Å²) in [5, 5.41) is 8.26. The van der Waals surface area contributed by atoms with E-state index in [1.807, 2.05) is 31.2 Å². The van der Waals surface area contributed by atoms with Gasteiger partial charge in [-0.05, 0) is 24.6 Å². The fourth-order valence-electron chi connectivity index (χ4n) is 0.779. The van der Waals surface area contributed by atoms with Crippen molar-refractivity contribution in [2.45, 2.75) is 6.92 Å². The topological polar surface area (TPSA) is 33.0 Å². The molecule has 0 N–H and O–H groups in total. The van der Waals surface area contributed by atoms with E-state index in [-0.39, 0.29) is 6.61 Å². The van der Waals surface area contributed by atoms with Crippen molar-refractivity contribution in [1.29, 1.82) is 5.26 Å². The zero-order chi connectivity index (χ0) is 8.97. The van der Waals surface area contributed by atoms with Gasteiger partial charge in [-0.2, -0.15) is 5.26 Å². The Morgan fingerprint density at radius 2 is 2.33 bits per heavy atom. The largest absolute Gasteiger partial charge is 0.479 e. The van der Waals surface area contributed by atoms with E-state index in [1.165, 1.54) is 0 Å². The van der Waals surface area contributed by atoms with Crippen LogP contribution in [-0.4, -0.2) is 6.61 Å². The average Bonchev–Trinajstić information content (AvgIpc) is 2.07. The lowest BCUT2D eigenvalue weighted by atomic mass is 10.2. The highest BCUT2D eigenvalue weighted by molar-refractivity contribution is 9.10. The van der Waals surface area contributed by atoms with E-state index in [9.17, 15) is 0 Å². The first-order valence-electron chi connectivity index (χ1n) is 3.50. The molecule has 0 fully saturated rings. The molecule has 1 rings (SSSR count). The van der Waals surface area contributed by atoms with Crippen LogP contribution in [0, 0.1) is 18.3 Å². The minimum absolute atomic E-state index is 0.0928. The van der Waals surface area contributed by atoms with Crippen LogP contribution in [0.1, 0.15) is 5.56 Å². The van der Waals surface area contributed by atoms with Gasteiger partial charge in [-0.15, -0.1) is 0 Å². The van der Waals surface area contributed by atoms with Crippen LogP contribution in [0.15, 0.2) is 22.7 Å². The number of ether oxygens (including phenoxy) is 1. The zero-order valence-electron chi connectivity index (χ0n) is 6.67. The molecule has 0 spiro atoms. The number of rotatable bonds is 2. The van der Waals surface area contributed by atoms with Gasteiger partial charge in [0, 0.05) is 4.47 Å². The fourth-order valence-corrected chi connectivity index (χ4v) is 1.14. The van der Waals surface area contributed by atoms with Crippen molar-refractivity contribution in [2.24, 2.45) is 0 Å². The Hall–Kier alpha value is -1.01. The Kier molecular flexibility index (Phi) is 3.12. The van der Waals surface area contributed by atoms with Crippen molar-refractivity contribution < 1.29 is 4.74 Å². The molecule has 0 aliphatic rings. The first kappa shape index (κ1) is 9.08. The van der Waals surface area contributed by atoms with E-state index >= 15 is 0 Å². The molecule has 0 amide bonds. The van der Waals surface area contributed by atoms with Gasteiger partial charge in [0.15, 0.2) is 6.61 Å². The number of benzene rings is 1. The van der Waals surface area contributed by atoms with Gasteiger partial charge < -0.3 is 4.74 Å². The van der Waals surface area contributed by atoms with E-state index < -0.39 is 0 Å². The van der Waals surface area contributed by atoms with E-state index in [2.05, 4.69) is 15.9 Å². The van der Waals surface area contributed by atoms with Gasteiger partial charge in [0.05, 0.1) is 0 Å². The van der Waals surface area contributed by atoms with Gasteiger partial charge in [-0.3, -0.25) is 0 Å². The SMILES string of the molecule is Cc1ccc(OCC#N)cc1Br. The van der Waals surface area contributed by atoms with E-state index in [0.717, 1.165) is 10.0 Å². The van der Waals surface area contributed by atoms with Crippen molar-refractivity contribution in [2.75, 3.05) is 6.61 Å². The highest BCUT2D eigenvalue weighted by Gasteiger charge is 1.96. The van der Waals surface area contributed by atoms with E-state index in [1.54, 1.807) is 0 Å². The first-order valence-corrected chi connectivity index (χ1v) is 4.29. The van der Waals surface area contributed by atoms with Crippen LogP contribution in [0.4, 0.5) is 0 Å². The summed E-state index contributed by atoms with van der Waals surface area (Å²) in [6.45, 7) is 2.09. The Morgan fingerprint density at radius 1 is 1.58 bits per heavy atom. The molecule has 0 bridgehead atoms. The van der Waals surface area contributed by atoms with Gasteiger partial charge in [0.2, 0.25) is 0 Å². The molecule has 12 heavy (non-hydrogen) atoms. The number of aryl methyl sites for hydroxylation is 1. The average molecular weight is 226 g/mol. The lowest BCUT2D eigenvalue weighted by molar-refractivity contribution is 0.368. The maximum Gasteiger partial charge on any atom is 0.174 e. The molecule has 0 heterocycles. The zero-order valence-corrected chi connectivity index (χ0v) is 8.26. The maximum absolute atomic E-state index is 8.26. The Labute approximate surface area is 79.9 Å². The molecule has 0 aliphatic carbocycles. The molecule has 0 atom stereocenters. The first-order chi connectivity index (χ1) is 5.74. The van der Waals surface area contributed by atoms with Crippen LogP contribution in [-0.2, 0) is 0 Å². The van der Waals surface area contributed by atoms with Crippen LogP contribution in [0.25, 0.3) is 0 Å². The summed E-state index contributed by atoms with van der Waals surface area (Å²) in [5.74, 6) is 0.717. The highest BCUT2D eigenvalue weighted by Crippen LogP contribution is 2.21. The van der Waals surface area contributed by atoms with E-state index in [0.29, 0.717) is 5.75 Å². The molecule has 0 saturated heterocycles. The molecule has 0 saturated carbocycles. The van der Waals surface area contributed by atoms with Crippen LogP contribution in [0.3, 0.4) is 0 Å². The molecule has 1 aromatic rings. The molecule has 0 aliphatic heterocycles. The predicted octanol–water partition coefficient (Wildman–Crippen LogP) is 2.66. The van der Waals surface area contributed by atoms with Crippen molar-refractivity contribution in [3.63, 3.8) is 0 Å². The molecule has 1 aromatic carbocycles. The highest BCUT2D eigenvalue weighted by atomic mass is 79.9. The summed E-state index contributed by atoms with van der Waals surface area (Å²) in [5.41, 5.74) is 1.15. The Bertz CT molecular complexity index is 317. The number of nitrogens with zero attached hydrogens (tertiary/aromatic N) is 1. The molecule has 0 radical (unpaired) electrons. The molecule has 3 heteroatoms. The third kappa shape index (κ3) is 2.24.